The van der Waals surface area contributed by atoms with Gasteiger partial charge in [-0.15, -0.1) is 0 Å². The van der Waals surface area contributed by atoms with Gasteiger partial charge in [-0.05, 0) is 26.7 Å². The van der Waals surface area contributed by atoms with Gasteiger partial charge in [0, 0.05) is 24.4 Å². The van der Waals surface area contributed by atoms with Crippen molar-refractivity contribution in [1.82, 2.24) is 4.90 Å². The summed E-state index contributed by atoms with van der Waals surface area (Å²) in [4.78, 5) is 25.4. The maximum Gasteiger partial charge on any atom is 0.257 e. The smallest absolute Gasteiger partial charge is 0.257 e. The topological polar surface area (TPSA) is 66.8 Å². The molecule has 0 aromatic carbocycles. The van der Waals surface area contributed by atoms with E-state index in [1.807, 2.05) is 0 Å². The summed E-state index contributed by atoms with van der Waals surface area (Å²) in [6, 6.07) is 0. The number of hydrogen-bond acceptors (Lipinski definition) is 4. The molecule has 0 aromatic heterocycles. The van der Waals surface area contributed by atoms with Crippen LogP contribution in [-0.4, -0.2) is 47.2 Å². The first-order valence-electron chi connectivity index (χ1n) is 5.78. The van der Waals surface area contributed by atoms with E-state index in [0.29, 0.717) is 37.2 Å². The minimum atomic E-state index is -0.772. The zero-order valence-electron chi connectivity index (χ0n) is 10.2. The molecule has 0 aliphatic carbocycles. The lowest BCUT2D eigenvalue weighted by molar-refractivity contribution is -0.152. The highest BCUT2D eigenvalue weighted by molar-refractivity contribution is 6.19. The van der Waals surface area contributed by atoms with Crippen LogP contribution >= 0.6 is 0 Å². The molecule has 0 spiro atoms. The molecule has 5 nitrogen and oxygen atoms in total. The summed E-state index contributed by atoms with van der Waals surface area (Å²) in [7, 11) is 0. The molecule has 5 heteroatoms. The highest BCUT2D eigenvalue weighted by Crippen LogP contribution is 2.34. The quantitative estimate of drug-likeness (QED) is 0.701. The monoisotopic (exact) mass is 239 g/mol. The molecule has 0 unspecified atom stereocenters. The zero-order valence-corrected chi connectivity index (χ0v) is 10.2. The highest BCUT2D eigenvalue weighted by Gasteiger charge is 2.48. The first-order chi connectivity index (χ1) is 8.03. The van der Waals surface area contributed by atoms with Crippen molar-refractivity contribution < 1.29 is 19.4 Å². The van der Waals surface area contributed by atoms with E-state index in [1.54, 1.807) is 13.8 Å². The Morgan fingerprint density at radius 3 is 2.06 bits per heavy atom. The molecule has 1 saturated heterocycles. The van der Waals surface area contributed by atoms with Crippen molar-refractivity contribution in [2.45, 2.75) is 32.2 Å². The summed E-state index contributed by atoms with van der Waals surface area (Å²) < 4.78 is 5.24. The van der Waals surface area contributed by atoms with Crippen LogP contribution in [0.4, 0.5) is 0 Å². The van der Waals surface area contributed by atoms with Crippen molar-refractivity contribution in [2.24, 2.45) is 0 Å². The number of nitrogens with zero attached hydrogens (tertiary/aromatic N) is 1. The Balaban J connectivity index is 2.34. The number of ether oxygens (including phenoxy) is 1. The number of carbonyl (C=O) groups is 2. The van der Waals surface area contributed by atoms with Crippen molar-refractivity contribution in [3.05, 3.63) is 11.1 Å². The Bertz CT molecular complexity index is 369. The Morgan fingerprint density at radius 2 is 1.65 bits per heavy atom. The van der Waals surface area contributed by atoms with E-state index in [-0.39, 0.29) is 18.4 Å². The minimum Gasteiger partial charge on any atom is -0.394 e. The van der Waals surface area contributed by atoms with Gasteiger partial charge in [0.15, 0.2) is 0 Å². The van der Waals surface area contributed by atoms with Gasteiger partial charge in [-0.3, -0.25) is 14.5 Å². The van der Waals surface area contributed by atoms with Gasteiger partial charge >= 0.3 is 0 Å². The summed E-state index contributed by atoms with van der Waals surface area (Å²) in [5.74, 6) is -0.549. The van der Waals surface area contributed by atoms with Crippen LogP contribution in [0.25, 0.3) is 0 Å². The summed E-state index contributed by atoms with van der Waals surface area (Å²) in [6.07, 6.45) is 1.00. The summed E-state index contributed by atoms with van der Waals surface area (Å²) in [6.45, 7) is 4.04. The maximum absolute atomic E-state index is 12.1. The minimum absolute atomic E-state index is 0.200. The SMILES string of the molecule is CC1=C(C)C(=O)N(C2(CO)CCOCC2)C1=O. The number of imide groups is 1. The summed E-state index contributed by atoms with van der Waals surface area (Å²) >= 11 is 0. The first kappa shape index (κ1) is 12.3. The van der Waals surface area contributed by atoms with E-state index < -0.39 is 5.54 Å². The average molecular weight is 239 g/mol. The molecular formula is C12H17NO4. The van der Waals surface area contributed by atoms with Gasteiger partial charge in [0.05, 0.1) is 12.1 Å². The standard InChI is InChI=1S/C12H17NO4/c1-8-9(2)11(16)13(10(8)15)12(7-14)3-5-17-6-4-12/h14H,3-7H2,1-2H3. The fourth-order valence-electron chi connectivity index (χ4n) is 2.38. The Morgan fingerprint density at radius 1 is 1.18 bits per heavy atom. The van der Waals surface area contributed by atoms with Gasteiger partial charge in [0.25, 0.3) is 11.8 Å². The maximum atomic E-state index is 12.1. The lowest BCUT2D eigenvalue weighted by atomic mass is 9.88. The second kappa shape index (κ2) is 4.23. The van der Waals surface area contributed by atoms with E-state index in [1.165, 1.54) is 4.90 Å². The van der Waals surface area contributed by atoms with Gasteiger partial charge in [0.1, 0.15) is 0 Å². The van der Waals surface area contributed by atoms with Crippen LogP contribution in [0.1, 0.15) is 26.7 Å². The second-order valence-corrected chi connectivity index (χ2v) is 4.69. The van der Waals surface area contributed by atoms with Gasteiger partial charge in [-0.2, -0.15) is 0 Å². The van der Waals surface area contributed by atoms with Crippen LogP contribution in [0.15, 0.2) is 11.1 Å². The van der Waals surface area contributed by atoms with E-state index in [4.69, 9.17) is 4.74 Å². The van der Waals surface area contributed by atoms with Crippen LogP contribution in [0.3, 0.4) is 0 Å². The van der Waals surface area contributed by atoms with Crippen LogP contribution in [0.5, 0.6) is 0 Å². The van der Waals surface area contributed by atoms with Crippen molar-refractivity contribution in [3.8, 4) is 0 Å². The molecule has 2 aliphatic rings. The Hall–Kier alpha value is -1.20. The predicted octanol–water partition coefficient (Wildman–Crippen LogP) is 0.233. The van der Waals surface area contributed by atoms with E-state index in [2.05, 4.69) is 0 Å². The largest absolute Gasteiger partial charge is 0.394 e. The fraction of sp³-hybridized carbons (Fsp3) is 0.667. The van der Waals surface area contributed by atoms with Crippen molar-refractivity contribution in [1.29, 1.82) is 0 Å². The third-order valence-corrected chi connectivity index (χ3v) is 3.80. The predicted molar refractivity (Wildman–Crippen MR) is 60.1 cm³/mol. The molecule has 1 fully saturated rings. The molecule has 0 atom stereocenters. The highest BCUT2D eigenvalue weighted by atomic mass is 16.5. The third kappa shape index (κ3) is 1.70. The summed E-state index contributed by atoms with van der Waals surface area (Å²) in [5, 5.41) is 9.59. The van der Waals surface area contributed by atoms with Gasteiger partial charge in [-0.1, -0.05) is 0 Å². The molecule has 2 heterocycles. The third-order valence-electron chi connectivity index (χ3n) is 3.80. The lowest BCUT2D eigenvalue weighted by Crippen LogP contribution is -2.57. The van der Waals surface area contributed by atoms with Crippen molar-refractivity contribution >= 4 is 11.8 Å². The van der Waals surface area contributed by atoms with Crippen molar-refractivity contribution in [3.63, 3.8) is 0 Å². The number of rotatable bonds is 2. The molecule has 0 aromatic rings. The molecule has 2 aliphatic heterocycles. The van der Waals surface area contributed by atoms with Gasteiger partial charge in [0.2, 0.25) is 0 Å². The number of hydrogen-bond donors (Lipinski definition) is 1. The van der Waals surface area contributed by atoms with E-state index >= 15 is 0 Å². The van der Waals surface area contributed by atoms with Gasteiger partial charge in [-0.25, -0.2) is 0 Å². The normalized spacial score (nSPS) is 24.8. The lowest BCUT2D eigenvalue weighted by Gasteiger charge is -2.42. The van der Waals surface area contributed by atoms with Crippen LogP contribution in [-0.2, 0) is 14.3 Å². The Kier molecular flexibility index (Phi) is 3.05. The number of carbonyl (C=O) groups excluding carboxylic acids is 2. The van der Waals surface area contributed by atoms with Crippen molar-refractivity contribution in [2.75, 3.05) is 19.8 Å². The number of aliphatic hydroxyl groups is 1. The number of amides is 2. The zero-order chi connectivity index (χ0) is 12.6. The Labute approximate surface area is 100 Å². The van der Waals surface area contributed by atoms with Crippen LogP contribution in [0.2, 0.25) is 0 Å². The van der Waals surface area contributed by atoms with Crippen LogP contribution in [0, 0.1) is 0 Å². The molecule has 0 bridgehead atoms. The van der Waals surface area contributed by atoms with E-state index in [0.717, 1.165) is 0 Å². The fourth-order valence-corrected chi connectivity index (χ4v) is 2.38. The molecule has 0 saturated carbocycles. The van der Waals surface area contributed by atoms with E-state index in [9.17, 15) is 14.7 Å². The molecule has 94 valence electrons. The van der Waals surface area contributed by atoms with Crippen LogP contribution < -0.4 is 0 Å². The molecule has 0 radical (unpaired) electrons. The molecule has 17 heavy (non-hydrogen) atoms. The van der Waals surface area contributed by atoms with Gasteiger partial charge < -0.3 is 9.84 Å². The molecule has 2 amide bonds. The molecule has 2 rings (SSSR count). The summed E-state index contributed by atoms with van der Waals surface area (Å²) in [5.41, 5.74) is 0.189. The number of aliphatic hydroxyl groups excluding tert-OH is 1. The average Bonchev–Trinajstić information content (AvgIpc) is 2.55. The first-order valence-corrected chi connectivity index (χ1v) is 5.78. The molecular weight excluding hydrogens is 222 g/mol. The molecule has 1 N–H and O–H groups in total. The second-order valence-electron chi connectivity index (χ2n) is 4.69.